The summed E-state index contributed by atoms with van der Waals surface area (Å²) in [6, 6.07) is 6.04. The summed E-state index contributed by atoms with van der Waals surface area (Å²) in [5.41, 5.74) is 2.14. The molecular formula is C12H15N3O2. The summed E-state index contributed by atoms with van der Waals surface area (Å²) >= 11 is 0. The molecular weight excluding hydrogens is 218 g/mol. The largest absolute Gasteiger partial charge is 0.480 e. The van der Waals surface area contributed by atoms with E-state index in [2.05, 4.69) is 5.10 Å². The third-order valence-corrected chi connectivity index (χ3v) is 2.72. The van der Waals surface area contributed by atoms with Gasteiger partial charge in [-0.3, -0.25) is 9.48 Å². The summed E-state index contributed by atoms with van der Waals surface area (Å²) in [4.78, 5) is 12.4. The molecule has 1 aromatic carbocycles. The van der Waals surface area contributed by atoms with Crippen molar-refractivity contribution in [1.29, 1.82) is 0 Å². The summed E-state index contributed by atoms with van der Waals surface area (Å²) in [6.07, 6.45) is 0. The number of likely N-dealkylation sites (N-methyl/N-ethyl adjacent to an activating group) is 1. The average Bonchev–Trinajstić information content (AvgIpc) is 2.54. The molecule has 5 nitrogen and oxygen atoms in total. The molecule has 0 spiro atoms. The van der Waals surface area contributed by atoms with Crippen molar-refractivity contribution >= 4 is 22.7 Å². The fourth-order valence-electron chi connectivity index (χ4n) is 1.92. The van der Waals surface area contributed by atoms with Gasteiger partial charge in [0.25, 0.3) is 0 Å². The second kappa shape index (κ2) is 4.08. The van der Waals surface area contributed by atoms with Gasteiger partial charge in [0, 0.05) is 19.5 Å². The predicted molar refractivity (Wildman–Crippen MR) is 66.4 cm³/mol. The number of aliphatic carboxylic acids is 1. The van der Waals surface area contributed by atoms with Crippen LogP contribution in [0.15, 0.2) is 18.2 Å². The zero-order valence-corrected chi connectivity index (χ0v) is 10.1. The quantitative estimate of drug-likeness (QED) is 0.870. The molecule has 0 amide bonds. The molecule has 0 atom stereocenters. The highest BCUT2D eigenvalue weighted by Crippen LogP contribution is 2.25. The molecule has 90 valence electrons. The Balaban J connectivity index is 2.53. The van der Waals surface area contributed by atoms with Crippen molar-refractivity contribution in [2.24, 2.45) is 7.05 Å². The highest BCUT2D eigenvalue weighted by Gasteiger charge is 2.14. The molecule has 0 fully saturated rings. The Morgan fingerprint density at radius 2 is 2.24 bits per heavy atom. The van der Waals surface area contributed by atoms with Crippen LogP contribution in [0.1, 0.15) is 5.56 Å². The van der Waals surface area contributed by atoms with E-state index in [9.17, 15) is 4.79 Å². The molecule has 0 unspecified atom stereocenters. The molecule has 0 saturated heterocycles. The van der Waals surface area contributed by atoms with E-state index < -0.39 is 5.97 Å². The maximum Gasteiger partial charge on any atom is 0.323 e. The van der Waals surface area contributed by atoms with Gasteiger partial charge in [0.1, 0.15) is 6.54 Å². The Morgan fingerprint density at radius 1 is 1.53 bits per heavy atom. The fraction of sp³-hybridized carbons (Fsp3) is 0.333. The van der Waals surface area contributed by atoms with Crippen molar-refractivity contribution in [3.63, 3.8) is 0 Å². The van der Waals surface area contributed by atoms with Crippen LogP contribution in [-0.2, 0) is 11.8 Å². The van der Waals surface area contributed by atoms with Crippen molar-refractivity contribution in [1.82, 2.24) is 9.78 Å². The van der Waals surface area contributed by atoms with Gasteiger partial charge in [-0.15, -0.1) is 0 Å². The summed E-state index contributed by atoms with van der Waals surface area (Å²) in [7, 11) is 3.59. The summed E-state index contributed by atoms with van der Waals surface area (Å²) in [6.45, 7) is 1.95. The van der Waals surface area contributed by atoms with Gasteiger partial charge in [-0.2, -0.15) is 5.10 Å². The van der Waals surface area contributed by atoms with Gasteiger partial charge in [-0.05, 0) is 19.1 Å². The lowest BCUT2D eigenvalue weighted by molar-refractivity contribution is -0.135. The van der Waals surface area contributed by atoms with Gasteiger partial charge in [-0.1, -0.05) is 11.6 Å². The monoisotopic (exact) mass is 233 g/mol. The molecule has 17 heavy (non-hydrogen) atoms. The van der Waals surface area contributed by atoms with Gasteiger partial charge in [0.2, 0.25) is 0 Å². The maximum absolute atomic E-state index is 10.7. The molecule has 2 aromatic rings. The topological polar surface area (TPSA) is 58.4 Å². The van der Waals surface area contributed by atoms with E-state index in [4.69, 9.17) is 5.11 Å². The molecule has 0 aliphatic rings. The molecule has 0 bridgehead atoms. The highest BCUT2D eigenvalue weighted by atomic mass is 16.4. The first-order valence-electron chi connectivity index (χ1n) is 5.35. The lowest BCUT2D eigenvalue weighted by Gasteiger charge is -2.13. The third kappa shape index (κ3) is 2.08. The minimum absolute atomic E-state index is 0.0555. The van der Waals surface area contributed by atoms with Crippen molar-refractivity contribution in [3.05, 3.63) is 23.8 Å². The molecule has 5 heteroatoms. The van der Waals surface area contributed by atoms with Gasteiger partial charge in [0.15, 0.2) is 5.82 Å². The zero-order chi connectivity index (χ0) is 12.6. The highest BCUT2D eigenvalue weighted by molar-refractivity contribution is 5.92. The Kier molecular flexibility index (Phi) is 2.75. The normalized spacial score (nSPS) is 10.8. The fourth-order valence-corrected chi connectivity index (χ4v) is 1.92. The number of aryl methyl sites for hydroxylation is 2. The van der Waals surface area contributed by atoms with Crippen LogP contribution in [0.3, 0.4) is 0 Å². The van der Waals surface area contributed by atoms with Crippen LogP contribution in [0.5, 0.6) is 0 Å². The van der Waals surface area contributed by atoms with E-state index in [0.717, 1.165) is 16.5 Å². The number of nitrogens with zero attached hydrogens (tertiary/aromatic N) is 3. The molecule has 1 aromatic heterocycles. The van der Waals surface area contributed by atoms with Gasteiger partial charge in [0.05, 0.1) is 5.52 Å². The van der Waals surface area contributed by atoms with Crippen LogP contribution >= 0.6 is 0 Å². The summed E-state index contributed by atoms with van der Waals surface area (Å²) in [5.74, 6) is -0.160. The summed E-state index contributed by atoms with van der Waals surface area (Å²) in [5, 5.41) is 14.1. The second-order valence-electron chi connectivity index (χ2n) is 4.22. The van der Waals surface area contributed by atoms with Crippen molar-refractivity contribution in [3.8, 4) is 0 Å². The number of anilines is 1. The van der Waals surface area contributed by atoms with Crippen LogP contribution < -0.4 is 4.90 Å². The van der Waals surface area contributed by atoms with Crippen molar-refractivity contribution in [2.75, 3.05) is 18.5 Å². The predicted octanol–water partition coefficient (Wildman–Crippen LogP) is 1.40. The smallest absolute Gasteiger partial charge is 0.323 e. The Bertz CT molecular complexity index is 574. The molecule has 0 aliphatic carbocycles. The molecule has 2 rings (SSSR count). The number of carboxylic acids is 1. The Hall–Kier alpha value is -2.04. The van der Waals surface area contributed by atoms with Gasteiger partial charge >= 0.3 is 5.97 Å². The first-order valence-corrected chi connectivity index (χ1v) is 5.35. The lowest BCUT2D eigenvalue weighted by atomic mass is 10.1. The van der Waals surface area contributed by atoms with E-state index >= 15 is 0 Å². The Morgan fingerprint density at radius 3 is 2.88 bits per heavy atom. The van der Waals surface area contributed by atoms with Crippen LogP contribution in [0, 0.1) is 6.92 Å². The number of aromatic nitrogens is 2. The summed E-state index contributed by atoms with van der Waals surface area (Å²) < 4.78 is 1.77. The molecule has 0 saturated carbocycles. The first-order chi connectivity index (χ1) is 7.99. The first kappa shape index (κ1) is 11.4. The standard InChI is InChI=1S/C12H15N3O2/c1-8-4-5-10-9(6-8)12(13-15(10)3)14(2)7-11(16)17/h4-6H,7H2,1-3H3,(H,16,17). The third-order valence-electron chi connectivity index (χ3n) is 2.72. The van der Waals surface area contributed by atoms with Crippen LogP contribution in [-0.4, -0.2) is 34.4 Å². The minimum atomic E-state index is -0.862. The molecule has 0 aliphatic heterocycles. The SMILES string of the molecule is Cc1ccc2c(c1)c(N(C)CC(=O)O)nn2C. The lowest BCUT2D eigenvalue weighted by Crippen LogP contribution is -2.25. The average molecular weight is 233 g/mol. The zero-order valence-electron chi connectivity index (χ0n) is 10.1. The van der Waals surface area contributed by atoms with Crippen LogP contribution in [0.25, 0.3) is 10.9 Å². The van der Waals surface area contributed by atoms with Gasteiger partial charge < -0.3 is 10.0 Å². The van der Waals surface area contributed by atoms with E-state index in [-0.39, 0.29) is 6.54 Å². The number of carboxylic acid groups (broad SMARTS) is 1. The molecule has 0 radical (unpaired) electrons. The number of carbonyl (C=O) groups is 1. The van der Waals surface area contributed by atoms with Gasteiger partial charge in [-0.25, -0.2) is 0 Å². The number of hydrogen-bond acceptors (Lipinski definition) is 3. The number of rotatable bonds is 3. The molecule has 1 heterocycles. The van der Waals surface area contributed by atoms with Crippen molar-refractivity contribution in [2.45, 2.75) is 6.92 Å². The number of fused-ring (bicyclic) bond motifs is 1. The van der Waals surface area contributed by atoms with E-state index in [1.54, 1.807) is 16.6 Å². The van der Waals surface area contributed by atoms with E-state index in [1.165, 1.54) is 0 Å². The van der Waals surface area contributed by atoms with Crippen LogP contribution in [0.2, 0.25) is 0 Å². The minimum Gasteiger partial charge on any atom is -0.480 e. The number of hydrogen-bond donors (Lipinski definition) is 1. The maximum atomic E-state index is 10.7. The van der Waals surface area contributed by atoms with Crippen molar-refractivity contribution < 1.29 is 9.90 Å². The van der Waals surface area contributed by atoms with E-state index in [1.807, 2.05) is 32.2 Å². The second-order valence-corrected chi connectivity index (χ2v) is 4.22. The molecule has 1 N–H and O–H groups in total. The van der Waals surface area contributed by atoms with Crippen LogP contribution in [0.4, 0.5) is 5.82 Å². The Labute approximate surface area is 99.3 Å². The number of benzene rings is 1. The van der Waals surface area contributed by atoms with E-state index in [0.29, 0.717) is 5.82 Å².